The number of rotatable bonds is 34. The number of unbranched alkanes of at least 4 members (excludes halogenated alkanes) is 7. The topological polar surface area (TPSA) is 170 Å². The van der Waals surface area contributed by atoms with Gasteiger partial charge in [-0.2, -0.15) is 0 Å². The van der Waals surface area contributed by atoms with Crippen molar-refractivity contribution in [1.82, 2.24) is 15.8 Å². The maximum atomic E-state index is 12.5. The van der Waals surface area contributed by atoms with E-state index < -0.39 is 11.4 Å². The van der Waals surface area contributed by atoms with E-state index in [4.69, 9.17) is 18.9 Å². The highest BCUT2D eigenvalue weighted by atomic mass is 16.5. The summed E-state index contributed by atoms with van der Waals surface area (Å²) in [7, 11) is 0. The second-order valence-electron chi connectivity index (χ2n) is 12.1. The molecule has 0 aromatic carbocycles. The van der Waals surface area contributed by atoms with Gasteiger partial charge >= 0.3 is 5.97 Å². The first-order chi connectivity index (χ1) is 23.3. The van der Waals surface area contributed by atoms with E-state index in [1.165, 1.54) is 5.01 Å². The summed E-state index contributed by atoms with van der Waals surface area (Å²) in [5.41, 5.74) is 2.16. The zero-order valence-corrected chi connectivity index (χ0v) is 30.0. The van der Waals surface area contributed by atoms with Crippen molar-refractivity contribution in [2.45, 2.75) is 124 Å². The molecule has 3 amide bonds. The van der Waals surface area contributed by atoms with E-state index in [1.54, 1.807) is 6.29 Å². The quantitative estimate of drug-likeness (QED) is 0.0647. The number of nitrogens with zero attached hydrogens (tertiary/aromatic N) is 1. The third-order valence-corrected chi connectivity index (χ3v) is 7.94. The molecule has 13 nitrogen and oxygen atoms in total. The Kier molecular flexibility index (Phi) is 29.9. The minimum Gasteiger partial charge on any atom is -0.481 e. The Hall–Kier alpha value is -2.61. The summed E-state index contributed by atoms with van der Waals surface area (Å²) in [6.07, 6.45) is 14.8. The molecule has 0 fully saturated rings. The fourth-order valence-corrected chi connectivity index (χ4v) is 5.31. The van der Waals surface area contributed by atoms with E-state index in [0.717, 1.165) is 83.5 Å². The number of nitrogens with one attached hydrogen (secondary N) is 2. The normalized spacial score (nSPS) is 12.3. The van der Waals surface area contributed by atoms with E-state index in [0.29, 0.717) is 39.0 Å². The average Bonchev–Trinajstić information content (AvgIpc) is 3.06. The highest BCUT2D eigenvalue weighted by molar-refractivity contribution is 5.82. The van der Waals surface area contributed by atoms with Gasteiger partial charge in [-0.1, -0.05) is 78.6 Å². The molecule has 0 saturated carbocycles. The van der Waals surface area contributed by atoms with Crippen LogP contribution in [0.2, 0.25) is 0 Å². The van der Waals surface area contributed by atoms with Gasteiger partial charge in [0.1, 0.15) is 13.2 Å². The lowest BCUT2D eigenvalue weighted by Gasteiger charge is -2.29. The molecule has 1 radical (unpaired) electrons. The molecule has 0 aliphatic rings. The minimum absolute atomic E-state index is 0.0877. The Morgan fingerprint density at radius 1 is 0.667 bits per heavy atom. The van der Waals surface area contributed by atoms with Crippen molar-refractivity contribution in [2.24, 2.45) is 5.41 Å². The van der Waals surface area contributed by atoms with Crippen molar-refractivity contribution >= 4 is 30.0 Å². The maximum Gasteiger partial charge on any atom is 0.309 e. The third-order valence-electron chi connectivity index (χ3n) is 7.94. The number of amides is 3. The van der Waals surface area contributed by atoms with Gasteiger partial charge in [0.05, 0.1) is 51.6 Å². The number of carboxylic acid groups (broad SMARTS) is 1. The molecular weight excluding hydrogens is 622 g/mol. The smallest absolute Gasteiger partial charge is 0.309 e. The molecule has 0 saturated heterocycles. The molecule has 0 aliphatic heterocycles. The monoisotopic (exact) mass is 686 g/mol. The van der Waals surface area contributed by atoms with E-state index in [1.807, 2.05) is 6.92 Å². The summed E-state index contributed by atoms with van der Waals surface area (Å²) in [5.74, 6) is -1.29. The molecule has 279 valence electrons. The van der Waals surface area contributed by atoms with Crippen LogP contribution in [0.15, 0.2) is 0 Å². The van der Waals surface area contributed by atoms with Crippen LogP contribution in [0.1, 0.15) is 124 Å². The molecule has 1 atom stereocenters. The van der Waals surface area contributed by atoms with Crippen molar-refractivity contribution in [3.8, 4) is 0 Å². The minimum atomic E-state index is -0.641. The Morgan fingerprint density at radius 2 is 1.29 bits per heavy atom. The molecule has 0 aromatic rings. The molecule has 0 unspecified atom stereocenters. The van der Waals surface area contributed by atoms with Crippen LogP contribution in [0.5, 0.6) is 0 Å². The fraction of sp³-hybridized carbons (Fsp3) is 0.857. The first kappa shape index (κ1) is 45.4. The first-order valence-corrected chi connectivity index (χ1v) is 18.0. The highest BCUT2D eigenvalue weighted by Crippen LogP contribution is 2.36. The number of carboxylic acids is 1. The Labute approximate surface area is 288 Å². The van der Waals surface area contributed by atoms with Crippen LogP contribution in [0, 0.1) is 5.41 Å². The number of hydrogen-bond acceptors (Lipinski definition) is 9. The Morgan fingerprint density at radius 3 is 1.94 bits per heavy atom. The lowest BCUT2D eigenvalue weighted by atomic mass is 9.74. The third kappa shape index (κ3) is 24.5. The Balaban J connectivity index is 4.09. The van der Waals surface area contributed by atoms with Crippen molar-refractivity contribution in [1.29, 1.82) is 0 Å². The molecule has 0 bridgehead atoms. The second kappa shape index (κ2) is 31.6. The molecule has 13 heteroatoms. The summed E-state index contributed by atoms with van der Waals surface area (Å²) in [5, 5.41) is 13.9. The van der Waals surface area contributed by atoms with E-state index >= 15 is 0 Å². The van der Waals surface area contributed by atoms with Gasteiger partial charge in [-0.05, 0) is 32.1 Å². The summed E-state index contributed by atoms with van der Waals surface area (Å²) >= 11 is 0. The van der Waals surface area contributed by atoms with E-state index in [9.17, 15) is 29.1 Å². The first-order valence-electron chi connectivity index (χ1n) is 18.0. The van der Waals surface area contributed by atoms with Gasteiger partial charge < -0.3 is 29.4 Å². The zero-order chi connectivity index (χ0) is 35.7. The van der Waals surface area contributed by atoms with Crippen LogP contribution in [0.25, 0.3) is 0 Å². The lowest BCUT2D eigenvalue weighted by molar-refractivity contribution is -0.150. The maximum absolute atomic E-state index is 12.5. The molecule has 0 aliphatic carbocycles. The van der Waals surface area contributed by atoms with Gasteiger partial charge in [0, 0.05) is 19.4 Å². The average molecular weight is 687 g/mol. The molecule has 0 spiro atoms. The lowest BCUT2D eigenvalue weighted by Crippen LogP contribution is -2.47. The zero-order valence-electron chi connectivity index (χ0n) is 30.0. The predicted molar refractivity (Wildman–Crippen MR) is 183 cm³/mol. The summed E-state index contributed by atoms with van der Waals surface area (Å²) < 4.78 is 21.0. The number of ether oxygens (including phenoxy) is 4. The standard InChI is InChI=1S/C35H64N3O10/c1-4-7-18-35(17-6-3,34(43)44)19-14-12-10-8-9-11-13-16-31(40)37-38(33(42)15-5-2)21-24-46-28-29-48-30-32(41)36-20-23-45-26-27-47-25-22-39/h4-21,23-30H2,1-3H3,(H,36,41)(H,37,40)(H,43,44)/t35-/m0/s1. The summed E-state index contributed by atoms with van der Waals surface area (Å²) in [6.45, 7) is 7.94. The summed E-state index contributed by atoms with van der Waals surface area (Å²) in [6, 6.07) is 0. The van der Waals surface area contributed by atoms with Gasteiger partial charge in [0.2, 0.25) is 24.0 Å². The van der Waals surface area contributed by atoms with Crippen LogP contribution < -0.4 is 10.7 Å². The second-order valence-corrected chi connectivity index (χ2v) is 12.1. The van der Waals surface area contributed by atoms with Crippen LogP contribution in [0.3, 0.4) is 0 Å². The van der Waals surface area contributed by atoms with Gasteiger partial charge in [-0.3, -0.25) is 34.4 Å². The van der Waals surface area contributed by atoms with E-state index in [2.05, 4.69) is 24.6 Å². The van der Waals surface area contributed by atoms with Crippen LogP contribution in [-0.4, -0.2) is 106 Å². The number of aliphatic carboxylic acids is 1. The number of carbonyl (C=O) groups is 4. The van der Waals surface area contributed by atoms with Crippen molar-refractivity contribution in [2.75, 3.05) is 65.9 Å². The summed E-state index contributed by atoms with van der Waals surface area (Å²) in [4.78, 5) is 58.9. The van der Waals surface area contributed by atoms with Crippen molar-refractivity contribution in [3.05, 3.63) is 0 Å². The SMILES string of the molecule is CCCC[C@@](CCC)(CCCCCCCCCC(=O)NN(CCOCCOCC(=O)NCCOCCOC[C]=O)C(=O)CCC)C(=O)O. The number of hydrogen-bond donors (Lipinski definition) is 3. The van der Waals surface area contributed by atoms with Crippen LogP contribution in [-0.2, 0) is 42.9 Å². The highest BCUT2D eigenvalue weighted by Gasteiger charge is 2.36. The van der Waals surface area contributed by atoms with Crippen LogP contribution >= 0.6 is 0 Å². The van der Waals surface area contributed by atoms with Crippen molar-refractivity contribution < 1.29 is 48.0 Å². The van der Waals surface area contributed by atoms with E-state index in [-0.39, 0.29) is 63.9 Å². The molecule has 0 rings (SSSR count). The van der Waals surface area contributed by atoms with Gasteiger partial charge in [0.15, 0.2) is 0 Å². The molecular formula is C35H64N3O10. The predicted octanol–water partition coefficient (Wildman–Crippen LogP) is 4.51. The fourth-order valence-electron chi connectivity index (χ4n) is 5.31. The largest absolute Gasteiger partial charge is 0.481 e. The van der Waals surface area contributed by atoms with Gasteiger partial charge in [-0.25, -0.2) is 0 Å². The number of carbonyl (C=O) groups excluding carboxylic acids is 4. The van der Waals surface area contributed by atoms with Crippen LogP contribution in [0.4, 0.5) is 0 Å². The van der Waals surface area contributed by atoms with Gasteiger partial charge in [0.25, 0.3) is 0 Å². The molecule has 0 heterocycles. The molecule has 48 heavy (non-hydrogen) atoms. The molecule has 0 aromatic heterocycles. The molecule has 3 N–H and O–H groups in total. The number of hydrazine groups is 1. The Bertz CT molecular complexity index is 860. The van der Waals surface area contributed by atoms with Gasteiger partial charge in [-0.15, -0.1) is 0 Å². The van der Waals surface area contributed by atoms with Crippen molar-refractivity contribution in [3.63, 3.8) is 0 Å².